The Labute approximate surface area is 81.3 Å². The van der Waals surface area contributed by atoms with Crippen LogP contribution < -0.4 is 4.74 Å². The van der Waals surface area contributed by atoms with Crippen molar-refractivity contribution in [3.63, 3.8) is 0 Å². The normalized spacial score (nSPS) is 10.1. The topological polar surface area (TPSA) is 39.2 Å². The fraction of sp³-hybridized carbons (Fsp3) is 0.0909. The van der Waals surface area contributed by atoms with Gasteiger partial charge in [-0.1, -0.05) is 0 Å². The molecular formula is C11H9NO2. The first-order chi connectivity index (χ1) is 6.83. The van der Waals surface area contributed by atoms with E-state index in [4.69, 9.17) is 4.74 Å². The van der Waals surface area contributed by atoms with Gasteiger partial charge in [-0.15, -0.1) is 0 Å². The minimum Gasteiger partial charge on any atom is -0.481 e. The molecule has 14 heavy (non-hydrogen) atoms. The summed E-state index contributed by atoms with van der Waals surface area (Å²) in [6, 6.07) is 9.00. The standard InChI is InChI=1S/C11H9NO2/c1-14-11-5-3-9-6-8(7-13)2-4-10(9)12-11/h2-7H,1H3. The molecular weight excluding hydrogens is 178 g/mol. The zero-order valence-electron chi connectivity index (χ0n) is 7.73. The van der Waals surface area contributed by atoms with Gasteiger partial charge in [-0.3, -0.25) is 4.79 Å². The van der Waals surface area contributed by atoms with Crippen LogP contribution in [0.3, 0.4) is 0 Å². The number of carbonyl (C=O) groups excluding carboxylic acids is 1. The average molecular weight is 187 g/mol. The molecule has 0 radical (unpaired) electrons. The van der Waals surface area contributed by atoms with Crippen molar-refractivity contribution in [3.05, 3.63) is 35.9 Å². The number of nitrogens with zero attached hydrogens (tertiary/aromatic N) is 1. The first-order valence-electron chi connectivity index (χ1n) is 4.23. The second-order valence-corrected chi connectivity index (χ2v) is 2.92. The first-order valence-corrected chi connectivity index (χ1v) is 4.23. The van der Waals surface area contributed by atoms with Crippen LogP contribution in [0.25, 0.3) is 10.9 Å². The third kappa shape index (κ3) is 1.44. The van der Waals surface area contributed by atoms with Crippen molar-refractivity contribution in [2.24, 2.45) is 0 Å². The minimum atomic E-state index is 0.580. The van der Waals surface area contributed by atoms with Crippen LogP contribution in [0.4, 0.5) is 0 Å². The summed E-state index contributed by atoms with van der Waals surface area (Å²) in [5.74, 6) is 0.580. The maximum atomic E-state index is 10.5. The van der Waals surface area contributed by atoms with E-state index in [0.29, 0.717) is 11.4 Å². The predicted molar refractivity (Wildman–Crippen MR) is 53.7 cm³/mol. The maximum Gasteiger partial charge on any atom is 0.213 e. The maximum absolute atomic E-state index is 10.5. The molecule has 3 heteroatoms. The largest absolute Gasteiger partial charge is 0.481 e. The molecule has 0 unspecified atom stereocenters. The minimum absolute atomic E-state index is 0.580. The van der Waals surface area contributed by atoms with Crippen LogP contribution in [0.5, 0.6) is 5.88 Å². The molecule has 0 aliphatic heterocycles. The number of aldehydes is 1. The molecule has 70 valence electrons. The van der Waals surface area contributed by atoms with Crippen LogP contribution in [0.2, 0.25) is 0 Å². The van der Waals surface area contributed by atoms with Gasteiger partial charge in [-0.25, -0.2) is 4.98 Å². The Hall–Kier alpha value is -1.90. The van der Waals surface area contributed by atoms with Crippen molar-refractivity contribution < 1.29 is 9.53 Å². The lowest BCUT2D eigenvalue weighted by molar-refractivity contribution is 0.112. The van der Waals surface area contributed by atoms with Crippen LogP contribution in [-0.2, 0) is 0 Å². The zero-order chi connectivity index (χ0) is 9.97. The van der Waals surface area contributed by atoms with Crippen LogP contribution in [-0.4, -0.2) is 18.4 Å². The van der Waals surface area contributed by atoms with E-state index in [1.807, 2.05) is 12.1 Å². The van der Waals surface area contributed by atoms with Gasteiger partial charge in [0.25, 0.3) is 0 Å². The van der Waals surface area contributed by atoms with Crippen molar-refractivity contribution in [1.82, 2.24) is 4.98 Å². The highest BCUT2D eigenvalue weighted by molar-refractivity contribution is 5.86. The first kappa shape index (κ1) is 8.69. The summed E-state index contributed by atoms with van der Waals surface area (Å²) in [5, 5.41) is 0.940. The van der Waals surface area contributed by atoms with Gasteiger partial charge in [0.15, 0.2) is 0 Å². The summed E-state index contributed by atoms with van der Waals surface area (Å²) in [4.78, 5) is 14.8. The number of fused-ring (bicyclic) bond motifs is 1. The fourth-order valence-corrected chi connectivity index (χ4v) is 1.31. The Morgan fingerprint density at radius 1 is 1.29 bits per heavy atom. The Morgan fingerprint density at radius 3 is 2.86 bits per heavy atom. The summed E-state index contributed by atoms with van der Waals surface area (Å²) in [6.45, 7) is 0. The highest BCUT2D eigenvalue weighted by Crippen LogP contribution is 2.17. The Balaban J connectivity index is 2.63. The molecule has 0 bridgehead atoms. The van der Waals surface area contributed by atoms with Crippen LogP contribution in [0, 0.1) is 0 Å². The molecule has 0 amide bonds. The smallest absolute Gasteiger partial charge is 0.213 e. The highest BCUT2D eigenvalue weighted by atomic mass is 16.5. The number of carbonyl (C=O) groups is 1. The van der Waals surface area contributed by atoms with Gasteiger partial charge in [0, 0.05) is 17.0 Å². The van der Waals surface area contributed by atoms with E-state index in [1.165, 1.54) is 0 Å². The molecule has 3 nitrogen and oxygen atoms in total. The molecule has 0 aliphatic carbocycles. The van der Waals surface area contributed by atoms with E-state index in [2.05, 4.69) is 4.98 Å². The van der Waals surface area contributed by atoms with Crippen molar-refractivity contribution in [1.29, 1.82) is 0 Å². The molecule has 0 saturated carbocycles. The molecule has 2 aromatic rings. The quantitative estimate of drug-likeness (QED) is 0.675. The summed E-state index contributed by atoms with van der Waals surface area (Å²) in [7, 11) is 1.58. The lowest BCUT2D eigenvalue weighted by atomic mass is 10.1. The van der Waals surface area contributed by atoms with Gasteiger partial charge < -0.3 is 4.74 Å². The molecule has 0 fully saturated rings. The summed E-state index contributed by atoms with van der Waals surface area (Å²) in [6.07, 6.45) is 0.823. The number of ether oxygens (including phenoxy) is 1. The molecule has 2 rings (SSSR count). The number of pyridine rings is 1. The van der Waals surface area contributed by atoms with Gasteiger partial charge in [0.05, 0.1) is 12.6 Å². The number of aromatic nitrogens is 1. The Kier molecular flexibility index (Phi) is 2.14. The number of methoxy groups -OCH3 is 1. The number of hydrogen-bond acceptors (Lipinski definition) is 3. The van der Waals surface area contributed by atoms with Gasteiger partial charge >= 0.3 is 0 Å². The molecule has 0 spiro atoms. The number of rotatable bonds is 2. The SMILES string of the molecule is COc1ccc2cc(C=O)ccc2n1. The third-order valence-corrected chi connectivity index (χ3v) is 2.03. The van der Waals surface area contributed by atoms with Gasteiger partial charge in [0.1, 0.15) is 6.29 Å². The molecule has 1 heterocycles. The van der Waals surface area contributed by atoms with Gasteiger partial charge in [-0.05, 0) is 24.3 Å². The number of hydrogen-bond donors (Lipinski definition) is 0. The molecule has 1 aromatic carbocycles. The van der Waals surface area contributed by atoms with E-state index < -0.39 is 0 Å². The highest BCUT2D eigenvalue weighted by Gasteiger charge is 1.98. The van der Waals surface area contributed by atoms with E-state index in [9.17, 15) is 4.79 Å². The third-order valence-electron chi connectivity index (χ3n) is 2.03. The van der Waals surface area contributed by atoms with Crippen LogP contribution >= 0.6 is 0 Å². The fourth-order valence-electron chi connectivity index (χ4n) is 1.31. The molecule has 0 N–H and O–H groups in total. The lowest BCUT2D eigenvalue weighted by Crippen LogP contribution is -1.88. The zero-order valence-corrected chi connectivity index (χ0v) is 7.73. The second kappa shape index (κ2) is 3.46. The Morgan fingerprint density at radius 2 is 2.14 bits per heavy atom. The van der Waals surface area contributed by atoms with Crippen molar-refractivity contribution in [2.75, 3.05) is 7.11 Å². The number of benzene rings is 1. The molecule has 0 atom stereocenters. The molecule has 0 aliphatic rings. The molecule has 1 aromatic heterocycles. The van der Waals surface area contributed by atoms with Crippen molar-refractivity contribution >= 4 is 17.2 Å². The van der Waals surface area contributed by atoms with E-state index in [-0.39, 0.29) is 0 Å². The van der Waals surface area contributed by atoms with Crippen LogP contribution in [0.1, 0.15) is 10.4 Å². The van der Waals surface area contributed by atoms with Crippen molar-refractivity contribution in [3.8, 4) is 5.88 Å². The van der Waals surface area contributed by atoms with Crippen molar-refractivity contribution in [2.45, 2.75) is 0 Å². The predicted octanol–water partition coefficient (Wildman–Crippen LogP) is 2.06. The summed E-state index contributed by atoms with van der Waals surface area (Å²) >= 11 is 0. The van der Waals surface area contributed by atoms with E-state index in [1.54, 1.807) is 25.3 Å². The van der Waals surface area contributed by atoms with E-state index in [0.717, 1.165) is 17.2 Å². The monoisotopic (exact) mass is 187 g/mol. The second-order valence-electron chi connectivity index (χ2n) is 2.92. The summed E-state index contributed by atoms with van der Waals surface area (Å²) < 4.78 is 5.00. The lowest BCUT2D eigenvalue weighted by Gasteiger charge is -2.01. The molecule has 0 saturated heterocycles. The Bertz CT molecular complexity index is 480. The van der Waals surface area contributed by atoms with E-state index >= 15 is 0 Å². The van der Waals surface area contributed by atoms with Gasteiger partial charge in [-0.2, -0.15) is 0 Å². The van der Waals surface area contributed by atoms with Gasteiger partial charge in [0.2, 0.25) is 5.88 Å². The van der Waals surface area contributed by atoms with Crippen LogP contribution in [0.15, 0.2) is 30.3 Å². The average Bonchev–Trinajstić information content (AvgIpc) is 2.27. The summed E-state index contributed by atoms with van der Waals surface area (Å²) in [5.41, 5.74) is 1.49.